The van der Waals surface area contributed by atoms with E-state index < -0.39 is 23.4 Å². The van der Waals surface area contributed by atoms with E-state index in [9.17, 15) is 15.3 Å². The first-order chi connectivity index (χ1) is 12.1. The van der Waals surface area contributed by atoms with Crippen molar-refractivity contribution in [3.63, 3.8) is 0 Å². The van der Waals surface area contributed by atoms with E-state index in [1.807, 2.05) is 47.5 Å². The highest BCUT2D eigenvalue weighted by Crippen LogP contribution is 2.55. The summed E-state index contributed by atoms with van der Waals surface area (Å²) in [6.45, 7) is 0. The molecule has 2 aliphatic heterocycles. The maximum atomic E-state index is 13.1. The van der Waals surface area contributed by atoms with Gasteiger partial charge in [-0.15, -0.1) is 0 Å². The largest absolute Gasteiger partial charge is 0.358 e. The maximum Gasteiger partial charge on any atom is 0.176 e. The average Bonchev–Trinajstić information content (AvgIpc) is 3.44. The molecule has 25 heavy (non-hydrogen) atoms. The zero-order valence-corrected chi connectivity index (χ0v) is 14.2. The Hall–Kier alpha value is -2.56. The van der Waals surface area contributed by atoms with Crippen LogP contribution in [-0.4, -0.2) is 22.8 Å². The molecule has 1 saturated heterocycles. The predicted octanol–water partition coefficient (Wildman–Crippen LogP) is 3.57. The predicted molar refractivity (Wildman–Crippen MR) is 93.3 cm³/mol. The van der Waals surface area contributed by atoms with Crippen LogP contribution in [0.4, 0.5) is 0 Å². The summed E-state index contributed by atoms with van der Waals surface area (Å²) in [6.07, 6.45) is 9.12. The quantitative estimate of drug-likeness (QED) is 0.836. The number of hydrogen-bond acceptors (Lipinski definition) is 4. The molecule has 0 unspecified atom stereocenters. The average molecular weight is 350 g/mol. The lowest BCUT2D eigenvalue weighted by Crippen LogP contribution is -2.40. The number of nitrogens with zero attached hydrogens (tertiary/aromatic N) is 3. The van der Waals surface area contributed by atoms with Gasteiger partial charge in [-0.25, -0.2) is 0 Å². The fourth-order valence-electron chi connectivity index (χ4n) is 4.13. The van der Waals surface area contributed by atoms with E-state index in [1.165, 1.54) is 0 Å². The topological polar surface area (TPSA) is 67.9 Å². The van der Waals surface area contributed by atoms with Crippen molar-refractivity contribution in [2.45, 2.75) is 30.8 Å². The van der Waals surface area contributed by atoms with Crippen LogP contribution in [0.3, 0.4) is 0 Å². The molecule has 3 aliphatic rings. The Balaban J connectivity index is 1.94. The molecule has 4 rings (SSSR count). The number of hydrogen-bond donors (Lipinski definition) is 0. The van der Waals surface area contributed by atoms with Crippen molar-refractivity contribution in [1.29, 1.82) is 10.5 Å². The zero-order chi connectivity index (χ0) is 17.6. The van der Waals surface area contributed by atoms with Gasteiger partial charge in [0, 0.05) is 23.1 Å². The van der Waals surface area contributed by atoms with Gasteiger partial charge in [0.25, 0.3) is 0 Å². The Morgan fingerprint density at radius 2 is 1.92 bits per heavy atom. The minimum Gasteiger partial charge on any atom is -0.358 e. The molecule has 1 aromatic rings. The fourth-order valence-corrected chi connectivity index (χ4v) is 4.38. The molecule has 124 valence electrons. The number of allylic oxidation sites excluding steroid dienone is 2. The van der Waals surface area contributed by atoms with Crippen LogP contribution >= 0.6 is 11.6 Å². The Kier molecular flexibility index (Phi) is 3.67. The third-order valence-corrected chi connectivity index (χ3v) is 5.80. The van der Waals surface area contributed by atoms with Crippen molar-refractivity contribution in [2.24, 2.45) is 11.3 Å². The van der Waals surface area contributed by atoms with Crippen molar-refractivity contribution in [2.75, 3.05) is 0 Å². The smallest absolute Gasteiger partial charge is 0.176 e. The highest BCUT2D eigenvalue weighted by molar-refractivity contribution is 6.31. The van der Waals surface area contributed by atoms with Gasteiger partial charge in [0.05, 0.1) is 24.2 Å². The van der Waals surface area contributed by atoms with Crippen LogP contribution in [0.5, 0.6) is 0 Å². The Bertz CT molecular complexity index is 858. The van der Waals surface area contributed by atoms with Crippen LogP contribution in [0.15, 0.2) is 48.7 Å². The summed E-state index contributed by atoms with van der Waals surface area (Å²) in [5, 5.41) is 20.5. The van der Waals surface area contributed by atoms with Gasteiger partial charge in [-0.1, -0.05) is 42.0 Å². The van der Waals surface area contributed by atoms with E-state index in [0.29, 0.717) is 10.6 Å². The van der Waals surface area contributed by atoms with Crippen LogP contribution < -0.4 is 0 Å². The molecule has 1 aliphatic carbocycles. The number of Topliss-reactive ketones (excluding diaryl/α,β-unsaturated/α-hetero) is 1. The molecule has 0 N–H and O–H groups in total. The lowest BCUT2D eigenvalue weighted by Gasteiger charge is -2.29. The number of benzene rings is 1. The number of halogens is 1. The first kappa shape index (κ1) is 15.9. The molecule has 0 amide bonds. The molecular weight excluding hydrogens is 334 g/mol. The van der Waals surface area contributed by atoms with E-state index in [0.717, 1.165) is 12.8 Å². The van der Waals surface area contributed by atoms with Crippen molar-refractivity contribution in [3.8, 4) is 12.1 Å². The summed E-state index contributed by atoms with van der Waals surface area (Å²) in [7, 11) is 0. The van der Waals surface area contributed by atoms with Gasteiger partial charge in [-0.05, 0) is 30.5 Å². The summed E-state index contributed by atoms with van der Waals surface area (Å²) < 4.78 is 0. The first-order valence-electron chi connectivity index (χ1n) is 8.37. The Morgan fingerprint density at radius 3 is 2.56 bits per heavy atom. The normalized spacial score (nSPS) is 28.9. The molecule has 5 heteroatoms. The number of ketones is 1. The van der Waals surface area contributed by atoms with Crippen molar-refractivity contribution >= 4 is 17.4 Å². The third-order valence-electron chi connectivity index (χ3n) is 5.46. The lowest BCUT2D eigenvalue weighted by atomic mass is 9.69. The van der Waals surface area contributed by atoms with E-state index in [2.05, 4.69) is 12.1 Å². The summed E-state index contributed by atoms with van der Waals surface area (Å²) in [5.41, 5.74) is -0.663. The van der Waals surface area contributed by atoms with Gasteiger partial charge in [-0.2, -0.15) is 10.5 Å². The summed E-state index contributed by atoms with van der Waals surface area (Å²) in [6, 6.07) is 10.7. The second-order valence-electron chi connectivity index (χ2n) is 6.83. The SMILES string of the molecule is N#CC1(C#N)[C@H](c2ccccc2Cl)[C@@H](C(=O)C2CC2)N2C=CC=C[C@@H]21. The Morgan fingerprint density at radius 1 is 1.20 bits per heavy atom. The number of nitriles is 2. The third kappa shape index (κ3) is 2.22. The van der Waals surface area contributed by atoms with Gasteiger partial charge in [0.1, 0.15) is 0 Å². The monoisotopic (exact) mass is 349 g/mol. The number of carbonyl (C=O) groups excluding carboxylic acids is 1. The van der Waals surface area contributed by atoms with Crippen LogP contribution in [0.2, 0.25) is 5.02 Å². The first-order valence-corrected chi connectivity index (χ1v) is 8.75. The molecule has 1 saturated carbocycles. The molecule has 3 atom stereocenters. The number of rotatable bonds is 3. The number of fused-ring (bicyclic) bond motifs is 1. The minimum absolute atomic E-state index is 0.0307. The van der Waals surface area contributed by atoms with Gasteiger partial charge < -0.3 is 4.90 Å². The molecule has 2 fully saturated rings. The van der Waals surface area contributed by atoms with E-state index in [-0.39, 0.29) is 11.7 Å². The molecule has 0 aromatic heterocycles. The number of carbonyl (C=O) groups is 1. The van der Waals surface area contributed by atoms with Crippen LogP contribution in [0.1, 0.15) is 24.3 Å². The van der Waals surface area contributed by atoms with Gasteiger partial charge in [0.15, 0.2) is 11.2 Å². The maximum absolute atomic E-state index is 13.1. The van der Waals surface area contributed by atoms with Gasteiger partial charge in [0.2, 0.25) is 0 Å². The zero-order valence-electron chi connectivity index (χ0n) is 13.5. The van der Waals surface area contributed by atoms with Crippen LogP contribution in [0.25, 0.3) is 0 Å². The fraction of sp³-hybridized carbons (Fsp3) is 0.350. The summed E-state index contributed by atoms with van der Waals surface area (Å²) >= 11 is 6.42. The van der Waals surface area contributed by atoms with Crippen LogP contribution in [0, 0.1) is 34.0 Å². The molecule has 4 nitrogen and oxygen atoms in total. The Labute approximate surface area is 151 Å². The van der Waals surface area contributed by atoms with Crippen molar-refractivity contribution in [3.05, 3.63) is 59.3 Å². The highest BCUT2D eigenvalue weighted by Gasteiger charge is 2.63. The van der Waals surface area contributed by atoms with Crippen LogP contribution in [-0.2, 0) is 4.79 Å². The van der Waals surface area contributed by atoms with Gasteiger partial charge in [-0.3, -0.25) is 4.79 Å². The van der Waals surface area contributed by atoms with E-state index in [4.69, 9.17) is 11.6 Å². The standard InChI is InChI=1S/C20H16ClN3O/c21-15-6-2-1-5-14(15)17-18(19(25)13-8-9-13)24-10-4-3-7-16(24)20(17,11-22)12-23/h1-7,10,13,16-18H,8-9H2/t16-,17-,18+/m1/s1. The molecule has 2 heterocycles. The molecule has 0 bridgehead atoms. The molecule has 0 radical (unpaired) electrons. The van der Waals surface area contributed by atoms with E-state index in [1.54, 1.807) is 6.07 Å². The molecular formula is C20H16ClN3O. The summed E-state index contributed by atoms with van der Waals surface area (Å²) in [4.78, 5) is 15.0. The highest BCUT2D eigenvalue weighted by atomic mass is 35.5. The lowest BCUT2D eigenvalue weighted by molar-refractivity contribution is -0.124. The molecule has 0 spiro atoms. The van der Waals surface area contributed by atoms with Crippen molar-refractivity contribution < 1.29 is 4.79 Å². The van der Waals surface area contributed by atoms with E-state index >= 15 is 0 Å². The summed E-state index contributed by atoms with van der Waals surface area (Å²) in [5.74, 6) is -0.438. The molecule has 1 aromatic carbocycles. The van der Waals surface area contributed by atoms with Crippen molar-refractivity contribution in [1.82, 2.24) is 4.90 Å². The second-order valence-corrected chi connectivity index (χ2v) is 7.24. The minimum atomic E-state index is -1.36. The van der Waals surface area contributed by atoms with Gasteiger partial charge >= 0.3 is 0 Å². The second kappa shape index (κ2) is 5.76.